The first kappa shape index (κ1) is 30.6. The average molecular weight is 586 g/mol. The molecule has 0 saturated heterocycles. The molecule has 0 radical (unpaired) electrons. The summed E-state index contributed by atoms with van der Waals surface area (Å²) in [6, 6.07) is 7.09. The Balaban J connectivity index is 1.39. The lowest BCUT2D eigenvalue weighted by Crippen LogP contribution is -2.32. The molecule has 2 aromatic carbocycles. The van der Waals surface area contributed by atoms with Gasteiger partial charge in [-0.3, -0.25) is 14.4 Å². The number of methoxy groups -OCH3 is 2. The van der Waals surface area contributed by atoms with Crippen molar-refractivity contribution < 1.29 is 32.9 Å². The first-order valence-corrected chi connectivity index (χ1v) is 13.2. The maximum absolute atomic E-state index is 13.9. The van der Waals surface area contributed by atoms with Gasteiger partial charge in [0, 0.05) is 44.4 Å². The molecule has 0 saturated carbocycles. The Morgan fingerprint density at radius 3 is 2.74 bits per heavy atom. The number of nitrogens with zero attached hydrogens (tertiary/aromatic N) is 5. The van der Waals surface area contributed by atoms with E-state index in [1.807, 2.05) is 0 Å². The minimum absolute atomic E-state index is 0.0764. The quantitative estimate of drug-likeness (QED) is 0.168. The molecule has 1 amide bonds. The Morgan fingerprint density at radius 1 is 1.10 bits per heavy atom. The summed E-state index contributed by atoms with van der Waals surface area (Å²) in [7, 11) is 3.19. The lowest BCUT2D eigenvalue weighted by atomic mass is 10.2. The zero-order valence-corrected chi connectivity index (χ0v) is 23.3. The van der Waals surface area contributed by atoms with Gasteiger partial charge in [0.25, 0.3) is 0 Å². The molecule has 0 unspecified atom stereocenters. The SMILES string of the molecule is COCCN(CCO)CCCOc1cc2ncnc(Nc3cnn(CC(=O)Nc4cccc(F)c4F)c3)c2cc1OC. The number of aromatic nitrogens is 4. The van der Waals surface area contributed by atoms with Gasteiger partial charge in [0.2, 0.25) is 5.91 Å². The van der Waals surface area contributed by atoms with Crippen LogP contribution in [0.3, 0.4) is 0 Å². The molecule has 0 bridgehead atoms. The Bertz CT molecular complexity index is 1490. The summed E-state index contributed by atoms with van der Waals surface area (Å²) in [6.45, 7) is 2.91. The molecule has 3 N–H and O–H groups in total. The number of amides is 1. The van der Waals surface area contributed by atoms with Gasteiger partial charge in [-0.05, 0) is 24.6 Å². The molecule has 224 valence electrons. The van der Waals surface area contributed by atoms with E-state index in [1.165, 1.54) is 29.3 Å². The number of rotatable bonds is 16. The second-order valence-electron chi connectivity index (χ2n) is 9.20. The molecule has 4 rings (SSSR count). The number of halogens is 2. The van der Waals surface area contributed by atoms with Gasteiger partial charge in [0.15, 0.2) is 23.1 Å². The van der Waals surface area contributed by atoms with Crippen molar-refractivity contribution in [2.45, 2.75) is 13.0 Å². The number of aliphatic hydroxyl groups is 1. The molecule has 0 aliphatic heterocycles. The second kappa shape index (κ2) is 15.0. The van der Waals surface area contributed by atoms with Crippen LogP contribution < -0.4 is 20.1 Å². The molecular formula is C28H33F2N7O5. The number of benzene rings is 2. The zero-order chi connectivity index (χ0) is 29.9. The van der Waals surface area contributed by atoms with Crippen LogP contribution in [0, 0.1) is 11.6 Å². The number of carbonyl (C=O) groups excluding carboxylic acids is 1. The highest BCUT2D eigenvalue weighted by Gasteiger charge is 2.15. The van der Waals surface area contributed by atoms with Crippen LogP contribution in [-0.2, 0) is 16.1 Å². The maximum Gasteiger partial charge on any atom is 0.246 e. The van der Waals surface area contributed by atoms with Crippen molar-refractivity contribution in [1.82, 2.24) is 24.6 Å². The molecule has 0 spiro atoms. The number of carbonyl (C=O) groups is 1. The summed E-state index contributed by atoms with van der Waals surface area (Å²) in [5.41, 5.74) is 0.912. The van der Waals surface area contributed by atoms with E-state index < -0.39 is 17.5 Å². The van der Waals surface area contributed by atoms with Crippen molar-refractivity contribution in [3.63, 3.8) is 0 Å². The Kier molecular flexibility index (Phi) is 10.9. The molecule has 42 heavy (non-hydrogen) atoms. The van der Waals surface area contributed by atoms with E-state index in [-0.39, 0.29) is 18.8 Å². The third-order valence-corrected chi connectivity index (χ3v) is 6.25. The van der Waals surface area contributed by atoms with Gasteiger partial charge in [0.1, 0.15) is 18.7 Å². The van der Waals surface area contributed by atoms with Crippen molar-refractivity contribution in [3.05, 3.63) is 60.7 Å². The number of aliphatic hydroxyl groups excluding tert-OH is 1. The predicted octanol–water partition coefficient (Wildman–Crippen LogP) is 3.21. The summed E-state index contributed by atoms with van der Waals surface area (Å²) in [5.74, 6) is -1.23. The molecule has 0 fully saturated rings. The fourth-order valence-corrected chi connectivity index (χ4v) is 4.19. The van der Waals surface area contributed by atoms with Crippen LogP contribution in [-0.4, -0.2) is 89.3 Å². The predicted molar refractivity (Wildman–Crippen MR) is 152 cm³/mol. The molecule has 4 aromatic rings. The molecule has 2 aromatic heterocycles. The smallest absolute Gasteiger partial charge is 0.246 e. The summed E-state index contributed by atoms with van der Waals surface area (Å²) in [4.78, 5) is 23.2. The molecule has 14 heteroatoms. The Morgan fingerprint density at radius 2 is 1.95 bits per heavy atom. The van der Waals surface area contributed by atoms with Crippen molar-refractivity contribution in [3.8, 4) is 11.5 Å². The fourth-order valence-electron chi connectivity index (χ4n) is 4.19. The summed E-state index contributed by atoms with van der Waals surface area (Å²) in [6.07, 6.45) is 5.23. The highest BCUT2D eigenvalue weighted by Crippen LogP contribution is 2.34. The standard InChI is InChI=1S/C28H33F2N7O5/c1-40-12-9-36(8-10-38)7-4-11-42-25-14-23-20(13-24(25)41-2)28(32-18-31-23)34-19-15-33-37(16-19)17-26(39)35-22-6-3-5-21(29)27(22)30/h3,5-6,13-16,18,38H,4,7-12,17H2,1-2H3,(H,35,39)(H,31,32,34). The first-order valence-electron chi connectivity index (χ1n) is 13.2. The van der Waals surface area contributed by atoms with Crippen LogP contribution in [0.2, 0.25) is 0 Å². The highest BCUT2D eigenvalue weighted by molar-refractivity contribution is 5.93. The zero-order valence-electron chi connectivity index (χ0n) is 23.3. The van der Waals surface area contributed by atoms with E-state index in [4.69, 9.17) is 14.2 Å². The molecule has 0 atom stereocenters. The number of fused-ring (bicyclic) bond motifs is 1. The van der Waals surface area contributed by atoms with Crippen molar-refractivity contribution in [1.29, 1.82) is 0 Å². The molecule has 0 aliphatic rings. The minimum atomic E-state index is -1.13. The van der Waals surface area contributed by atoms with Gasteiger partial charge in [-0.15, -0.1) is 0 Å². The molecular weight excluding hydrogens is 552 g/mol. The Hall–Kier alpha value is -4.40. The Labute approximate surface area is 241 Å². The van der Waals surface area contributed by atoms with Gasteiger partial charge in [-0.2, -0.15) is 5.10 Å². The summed E-state index contributed by atoms with van der Waals surface area (Å²) in [5, 5.41) is 19.6. The van der Waals surface area contributed by atoms with Gasteiger partial charge >= 0.3 is 0 Å². The van der Waals surface area contributed by atoms with Crippen LogP contribution >= 0.6 is 0 Å². The number of anilines is 3. The molecule has 0 aliphatic carbocycles. The van der Waals surface area contributed by atoms with Gasteiger partial charge in [-0.1, -0.05) is 6.07 Å². The van der Waals surface area contributed by atoms with Gasteiger partial charge < -0.3 is 30.0 Å². The van der Waals surface area contributed by atoms with Crippen LogP contribution in [0.1, 0.15) is 6.42 Å². The summed E-state index contributed by atoms with van der Waals surface area (Å²) >= 11 is 0. The van der Waals surface area contributed by atoms with E-state index in [0.29, 0.717) is 53.7 Å². The van der Waals surface area contributed by atoms with Crippen LogP contribution in [0.15, 0.2) is 49.1 Å². The van der Waals surface area contributed by atoms with E-state index in [9.17, 15) is 18.7 Å². The van der Waals surface area contributed by atoms with Crippen LogP contribution in [0.4, 0.5) is 26.0 Å². The average Bonchev–Trinajstić information content (AvgIpc) is 3.42. The number of ether oxygens (including phenoxy) is 3. The largest absolute Gasteiger partial charge is 0.493 e. The maximum atomic E-state index is 13.9. The topological polar surface area (TPSA) is 136 Å². The van der Waals surface area contributed by atoms with E-state index in [2.05, 4.69) is 30.6 Å². The summed E-state index contributed by atoms with van der Waals surface area (Å²) < 4.78 is 45.3. The monoisotopic (exact) mass is 585 g/mol. The lowest BCUT2D eigenvalue weighted by molar-refractivity contribution is -0.116. The normalized spacial score (nSPS) is 11.2. The number of hydrogen-bond acceptors (Lipinski definition) is 10. The van der Waals surface area contributed by atoms with E-state index >= 15 is 0 Å². The van der Waals surface area contributed by atoms with Crippen LogP contribution in [0.25, 0.3) is 10.9 Å². The first-order chi connectivity index (χ1) is 20.4. The third-order valence-electron chi connectivity index (χ3n) is 6.25. The lowest BCUT2D eigenvalue weighted by Gasteiger charge is -2.21. The van der Waals surface area contributed by atoms with Crippen molar-refractivity contribution in [2.24, 2.45) is 0 Å². The van der Waals surface area contributed by atoms with E-state index in [0.717, 1.165) is 25.6 Å². The van der Waals surface area contributed by atoms with Crippen molar-refractivity contribution in [2.75, 3.05) is 64.3 Å². The highest BCUT2D eigenvalue weighted by atomic mass is 19.2. The minimum Gasteiger partial charge on any atom is -0.493 e. The molecule has 12 nitrogen and oxygen atoms in total. The van der Waals surface area contributed by atoms with Crippen LogP contribution in [0.5, 0.6) is 11.5 Å². The van der Waals surface area contributed by atoms with Gasteiger partial charge in [0.05, 0.1) is 50.0 Å². The van der Waals surface area contributed by atoms with Gasteiger partial charge in [-0.25, -0.2) is 18.7 Å². The third kappa shape index (κ3) is 8.09. The van der Waals surface area contributed by atoms with Crippen molar-refractivity contribution >= 4 is 34.0 Å². The number of hydrogen-bond donors (Lipinski definition) is 3. The molecule has 2 heterocycles. The number of nitrogens with one attached hydrogen (secondary N) is 2. The van der Waals surface area contributed by atoms with E-state index in [1.54, 1.807) is 32.5 Å². The second-order valence-corrected chi connectivity index (χ2v) is 9.20. The fraction of sp³-hybridized carbons (Fsp3) is 0.357.